The molecule has 0 spiro atoms. The number of fused-ring (bicyclic) bond motifs is 2. The smallest absolute Gasteiger partial charge is 0.249 e. The van der Waals surface area contributed by atoms with Crippen LogP contribution in [-0.4, -0.2) is 5.91 Å². The number of benzene rings is 3. The Morgan fingerprint density at radius 2 is 1.71 bits per heavy atom. The lowest BCUT2D eigenvalue weighted by Crippen LogP contribution is -2.13. The van der Waals surface area contributed by atoms with Crippen LogP contribution in [0.15, 0.2) is 61.2 Å². The Morgan fingerprint density at radius 1 is 1.05 bits per heavy atom. The zero-order chi connectivity index (χ0) is 14.1. The first-order valence-electron chi connectivity index (χ1n) is 6.56. The number of hydrogen-bond donors (Lipinski definition) is 2. The maximum absolute atomic E-state index is 11.6. The van der Waals surface area contributed by atoms with Crippen molar-refractivity contribution >= 4 is 27.5 Å². The quantitative estimate of drug-likeness (QED) is 0.561. The highest BCUT2D eigenvalue weighted by molar-refractivity contribution is 6.05. The van der Waals surface area contributed by atoms with E-state index in [4.69, 9.17) is 5.73 Å². The number of carbonyl (C=O) groups is 1. The zero-order valence-electron chi connectivity index (χ0n) is 11.8. The molecule has 3 aromatic rings. The molecule has 1 amide bonds. The lowest BCUT2D eigenvalue weighted by atomic mass is 9.94. The minimum absolute atomic E-state index is 0. The van der Waals surface area contributed by atoms with Crippen molar-refractivity contribution in [3.63, 3.8) is 0 Å². The highest BCUT2D eigenvalue weighted by atomic mass is 16.1. The summed E-state index contributed by atoms with van der Waals surface area (Å²) in [7, 11) is 0. The fourth-order valence-electron chi connectivity index (χ4n) is 2.67. The summed E-state index contributed by atoms with van der Waals surface area (Å²) in [4.78, 5) is 11.6. The topological polar surface area (TPSA) is 78.1 Å². The number of allylic oxidation sites excluding steroid dienone is 1. The second-order valence-corrected chi connectivity index (χ2v) is 4.87. The van der Waals surface area contributed by atoms with Crippen LogP contribution < -0.4 is 11.9 Å². The summed E-state index contributed by atoms with van der Waals surface area (Å²) in [6.07, 6.45) is 2.43. The largest absolute Gasteiger partial charge is 0.366 e. The normalized spacial score (nSPS) is 10.3. The van der Waals surface area contributed by atoms with Gasteiger partial charge in [0.2, 0.25) is 5.91 Å². The number of amides is 1. The molecule has 0 aliphatic carbocycles. The second kappa shape index (κ2) is 5.77. The molecule has 3 rings (SSSR count). The molecule has 0 saturated carbocycles. The molecule has 3 nitrogen and oxygen atoms in total. The predicted molar refractivity (Wildman–Crippen MR) is 88.9 cm³/mol. The standard InChI is InChI=1S/C18H15NO.H3N/c1-2-5-15-16(18(19)20)9-8-14-10-12-6-3-4-7-13(12)11-17(14)15;/h2-4,6-11H,1,5H2,(H2,19,20);1H3. The van der Waals surface area contributed by atoms with Gasteiger partial charge in [-0.2, -0.15) is 0 Å². The lowest BCUT2D eigenvalue weighted by molar-refractivity contribution is 0.0999. The number of nitrogens with two attached hydrogens (primary N) is 1. The molecule has 5 N–H and O–H groups in total. The van der Waals surface area contributed by atoms with E-state index in [0.29, 0.717) is 12.0 Å². The third-order valence-corrected chi connectivity index (χ3v) is 3.61. The maximum Gasteiger partial charge on any atom is 0.249 e. The van der Waals surface area contributed by atoms with Crippen molar-refractivity contribution < 1.29 is 4.79 Å². The van der Waals surface area contributed by atoms with Crippen molar-refractivity contribution in [3.05, 3.63) is 72.3 Å². The third-order valence-electron chi connectivity index (χ3n) is 3.61. The molecule has 3 heteroatoms. The van der Waals surface area contributed by atoms with Gasteiger partial charge in [0.05, 0.1) is 0 Å². The fraction of sp³-hybridized carbons (Fsp3) is 0.0556. The maximum atomic E-state index is 11.6. The van der Waals surface area contributed by atoms with Crippen molar-refractivity contribution in [3.8, 4) is 0 Å². The molecule has 106 valence electrons. The monoisotopic (exact) mass is 278 g/mol. The average molecular weight is 278 g/mol. The highest BCUT2D eigenvalue weighted by Gasteiger charge is 2.11. The van der Waals surface area contributed by atoms with Crippen LogP contribution in [0.3, 0.4) is 0 Å². The first-order valence-corrected chi connectivity index (χ1v) is 6.56. The summed E-state index contributed by atoms with van der Waals surface area (Å²) in [5, 5.41) is 4.54. The van der Waals surface area contributed by atoms with Gasteiger partial charge in [-0.25, -0.2) is 0 Å². The molecule has 0 unspecified atom stereocenters. The van der Waals surface area contributed by atoms with Crippen LogP contribution in [0, 0.1) is 0 Å². The molecule has 0 aliphatic rings. The van der Waals surface area contributed by atoms with E-state index in [1.807, 2.05) is 18.2 Å². The van der Waals surface area contributed by atoms with Crippen LogP contribution in [0.4, 0.5) is 0 Å². The summed E-state index contributed by atoms with van der Waals surface area (Å²) in [6.45, 7) is 3.77. The van der Waals surface area contributed by atoms with Gasteiger partial charge >= 0.3 is 0 Å². The summed E-state index contributed by atoms with van der Waals surface area (Å²) in [5.74, 6) is -0.392. The molecular formula is C18H18N2O. The van der Waals surface area contributed by atoms with Gasteiger partial charge in [-0.15, -0.1) is 6.58 Å². The first kappa shape index (κ1) is 14.8. The molecule has 0 atom stereocenters. The summed E-state index contributed by atoms with van der Waals surface area (Å²) < 4.78 is 0. The van der Waals surface area contributed by atoms with E-state index in [9.17, 15) is 4.79 Å². The molecule has 0 radical (unpaired) electrons. The molecule has 21 heavy (non-hydrogen) atoms. The summed E-state index contributed by atoms with van der Waals surface area (Å²) in [6, 6.07) is 16.2. The SMILES string of the molecule is C=CCc1c(C(N)=O)ccc2cc3ccccc3cc12.N. The molecule has 0 saturated heterocycles. The second-order valence-electron chi connectivity index (χ2n) is 4.87. The van der Waals surface area contributed by atoms with Gasteiger partial charge in [-0.3, -0.25) is 4.79 Å². The van der Waals surface area contributed by atoms with Crippen LogP contribution in [0.5, 0.6) is 0 Å². The van der Waals surface area contributed by atoms with Crippen LogP contribution in [0.1, 0.15) is 15.9 Å². The van der Waals surface area contributed by atoms with Gasteiger partial charge in [0, 0.05) is 5.56 Å². The molecule has 0 fully saturated rings. The molecule has 0 aliphatic heterocycles. The van der Waals surface area contributed by atoms with Crippen LogP contribution >= 0.6 is 0 Å². The van der Waals surface area contributed by atoms with E-state index < -0.39 is 5.91 Å². The zero-order valence-corrected chi connectivity index (χ0v) is 11.8. The van der Waals surface area contributed by atoms with Gasteiger partial charge in [0.1, 0.15) is 0 Å². The van der Waals surface area contributed by atoms with E-state index in [1.165, 1.54) is 5.39 Å². The van der Waals surface area contributed by atoms with Crippen molar-refractivity contribution in [2.45, 2.75) is 6.42 Å². The Balaban J connectivity index is 0.00000161. The van der Waals surface area contributed by atoms with E-state index in [-0.39, 0.29) is 6.15 Å². The van der Waals surface area contributed by atoms with Crippen molar-refractivity contribution in [1.82, 2.24) is 6.15 Å². The number of primary amides is 1. The van der Waals surface area contributed by atoms with Crippen molar-refractivity contribution in [2.75, 3.05) is 0 Å². The van der Waals surface area contributed by atoms with Crippen LogP contribution in [-0.2, 0) is 6.42 Å². The van der Waals surface area contributed by atoms with Crippen molar-refractivity contribution in [1.29, 1.82) is 0 Å². The van der Waals surface area contributed by atoms with Gasteiger partial charge in [0.15, 0.2) is 0 Å². The van der Waals surface area contributed by atoms with E-state index in [1.54, 1.807) is 12.1 Å². The Bertz CT molecular complexity index is 837. The lowest BCUT2D eigenvalue weighted by Gasteiger charge is -2.11. The molecule has 0 bridgehead atoms. The van der Waals surface area contributed by atoms with Gasteiger partial charge in [-0.1, -0.05) is 36.4 Å². The Morgan fingerprint density at radius 3 is 2.33 bits per heavy atom. The number of hydrogen-bond acceptors (Lipinski definition) is 2. The Labute approximate surface area is 123 Å². The molecule has 0 heterocycles. The van der Waals surface area contributed by atoms with E-state index >= 15 is 0 Å². The number of rotatable bonds is 3. The highest BCUT2D eigenvalue weighted by Crippen LogP contribution is 2.28. The van der Waals surface area contributed by atoms with Crippen molar-refractivity contribution in [2.24, 2.45) is 5.73 Å². The average Bonchev–Trinajstić information content (AvgIpc) is 2.45. The van der Waals surface area contributed by atoms with Crippen LogP contribution in [0.2, 0.25) is 0 Å². The Kier molecular flexibility index (Phi) is 4.05. The molecule has 3 aromatic carbocycles. The first-order chi connectivity index (χ1) is 9.70. The molecular weight excluding hydrogens is 260 g/mol. The van der Waals surface area contributed by atoms with E-state index in [0.717, 1.165) is 21.7 Å². The predicted octanol–water partition coefficient (Wildman–Crippen LogP) is 3.98. The summed E-state index contributed by atoms with van der Waals surface area (Å²) in [5.41, 5.74) is 7.01. The van der Waals surface area contributed by atoms with Gasteiger partial charge < -0.3 is 11.9 Å². The Hall–Kier alpha value is -2.65. The van der Waals surface area contributed by atoms with Gasteiger partial charge in [-0.05, 0) is 51.7 Å². The summed E-state index contributed by atoms with van der Waals surface area (Å²) >= 11 is 0. The third kappa shape index (κ3) is 2.51. The molecule has 0 aromatic heterocycles. The van der Waals surface area contributed by atoms with E-state index in [2.05, 4.69) is 30.8 Å². The fourth-order valence-corrected chi connectivity index (χ4v) is 2.67. The number of carbonyl (C=O) groups excluding carboxylic acids is 1. The minimum atomic E-state index is -0.392. The minimum Gasteiger partial charge on any atom is -0.366 e. The van der Waals surface area contributed by atoms with Crippen LogP contribution in [0.25, 0.3) is 21.5 Å². The van der Waals surface area contributed by atoms with Gasteiger partial charge in [0.25, 0.3) is 0 Å².